The predicted molar refractivity (Wildman–Crippen MR) is 96.6 cm³/mol. The first kappa shape index (κ1) is 15.8. The van der Waals surface area contributed by atoms with Gasteiger partial charge < -0.3 is 0 Å². The van der Waals surface area contributed by atoms with Gasteiger partial charge in [0.2, 0.25) is 0 Å². The van der Waals surface area contributed by atoms with Crippen LogP contribution >= 0.6 is 0 Å². The van der Waals surface area contributed by atoms with Gasteiger partial charge in [0.05, 0.1) is 16.8 Å². The van der Waals surface area contributed by atoms with Gasteiger partial charge in [-0.15, -0.1) is 0 Å². The molecule has 8 nitrogen and oxygen atoms in total. The van der Waals surface area contributed by atoms with E-state index < -0.39 is 10.8 Å². The first-order valence-corrected chi connectivity index (χ1v) is 9.92. The molecule has 29 heavy (non-hydrogen) atoms. The Morgan fingerprint density at radius 3 is 2.48 bits per heavy atom. The molecule has 2 spiro atoms. The van der Waals surface area contributed by atoms with E-state index in [0.29, 0.717) is 16.7 Å². The second kappa shape index (κ2) is 4.13. The van der Waals surface area contributed by atoms with E-state index in [1.54, 1.807) is 0 Å². The topological polar surface area (TPSA) is 110 Å². The SMILES string of the molecule is CC12CC13C2C1C2C(=O)N(NC(=O)c4ccc([N+](=O)[O-])cc4)C(=O)C2C2C=CC213. The number of allylic oxidation sites excluding steroid dienone is 2. The predicted octanol–water partition coefficient (Wildman–Crippen LogP) is 1.68. The molecule has 1 aliphatic heterocycles. The highest BCUT2D eigenvalue weighted by atomic mass is 16.6. The van der Waals surface area contributed by atoms with Crippen molar-refractivity contribution < 1.29 is 19.3 Å². The number of fused-ring (bicyclic) bond motifs is 5. The summed E-state index contributed by atoms with van der Waals surface area (Å²) in [7, 11) is 0. The van der Waals surface area contributed by atoms with Gasteiger partial charge in [0.1, 0.15) is 0 Å². The van der Waals surface area contributed by atoms with E-state index in [0.717, 1.165) is 5.01 Å². The summed E-state index contributed by atoms with van der Waals surface area (Å²) in [6.45, 7) is 2.30. The molecule has 7 rings (SSSR count). The summed E-state index contributed by atoms with van der Waals surface area (Å²) in [6, 6.07) is 5.07. The standard InChI is InChI=1S/C21H17N3O5/c1-19-8-21(19)15(19)14-13-12(11-6-7-20(11,14)21)17(26)23(18(13)27)22-16(25)9-2-4-10(5-3-9)24(28)29/h2-7,11-15H,8H2,1H3,(H,22,25). The van der Waals surface area contributed by atoms with Gasteiger partial charge in [-0.2, -0.15) is 5.01 Å². The van der Waals surface area contributed by atoms with E-state index in [-0.39, 0.29) is 52.2 Å². The average molecular weight is 391 g/mol. The minimum atomic E-state index is -0.622. The molecule has 6 aliphatic rings. The highest BCUT2D eigenvalue weighted by Crippen LogP contribution is 3.10. The van der Waals surface area contributed by atoms with Crippen LogP contribution in [0.1, 0.15) is 23.7 Å². The molecule has 0 bridgehead atoms. The minimum Gasteiger partial charge on any atom is -0.272 e. The van der Waals surface area contributed by atoms with Crippen LogP contribution in [0, 0.1) is 55.9 Å². The molecule has 0 radical (unpaired) electrons. The Morgan fingerprint density at radius 2 is 1.90 bits per heavy atom. The van der Waals surface area contributed by atoms with Gasteiger partial charge in [-0.25, -0.2) is 0 Å². The number of hydrogen-bond donors (Lipinski definition) is 1. The number of hydrogen-bond acceptors (Lipinski definition) is 5. The maximum absolute atomic E-state index is 13.2. The number of imide groups is 1. The Labute approximate surface area is 165 Å². The fraction of sp³-hybridized carbons (Fsp3) is 0.476. The largest absolute Gasteiger partial charge is 0.272 e. The maximum Gasteiger partial charge on any atom is 0.270 e. The normalized spacial score (nSPS) is 48.4. The molecule has 1 N–H and O–H groups in total. The van der Waals surface area contributed by atoms with Gasteiger partial charge >= 0.3 is 0 Å². The summed E-state index contributed by atoms with van der Waals surface area (Å²) in [6.07, 6.45) is 5.56. The molecule has 8 heteroatoms. The quantitative estimate of drug-likeness (QED) is 0.365. The first-order chi connectivity index (χ1) is 13.8. The Balaban J connectivity index is 1.16. The van der Waals surface area contributed by atoms with Crippen molar-refractivity contribution in [2.45, 2.75) is 13.3 Å². The zero-order chi connectivity index (χ0) is 20.1. The van der Waals surface area contributed by atoms with Crippen molar-refractivity contribution >= 4 is 23.4 Å². The smallest absolute Gasteiger partial charge is 0.270 e. The zero-order valence-corrected chi connectivity index (χ0v) is 15.5. The van der Waals surface area contributed by atoms with Crippen LogP contribution in [0.15, 0.2) is 36.4 Å². The number of hydrazine groups is 1. The number of benzene rings is 1. The van der Waals surface area contributed by atoms with Gasteiger partial charge in [-0.3, -0.25) is 29.9 Å². The number of carbonyl (C=O) groups is 3. The second-order valence-electron chi connectivity index (χ2n) is 9.70. The van der Waals surface area contributed by atoms with Crippen LogP contribution in [0.4, 0.5) is 5.69 Å². The molecule has 146 valence electrons. The molecule has 0 aromatic heterocycles. The lowest BCUT2D eigenvalue weighted by Crippen LogP contribution is -2.57. The van der Waals surface area contributed by atoms with Crippen molar-refractivity contribution in [1.29, 1.82) is 0 Å². The number of nitro benzene ring substituents is 1. The minimum absolute atomic E-state index is 0.0432. The number of nitrogens with one attached hydrogen (secondary N) is 1. The van der Waals surface area contributed by atoms with E-state index in [1.165, 1.54) is 30.7 Å². The lowest BCUT2D eigenvalue weighted by atomic mass is 9.46. The van der Waals surface area contributed by atoms with Crippen molar-refractivity contribution in [2.75, 3.05) is 0 Å². The molecule has 5 fully saturated rings. The molecule has 4 saturated carbocycles. The Bertz CT molecular complexity index is 1130. The molecule has 1 aromatic rings. The van der Waals surface area contributed by atoms with E-state index >= 15 is 0 Å². The molecule has 1 saturated heterocycles. The zero-order valence-electron chi connectivity index (χ0n) is 15.5. The van der Waals surface area contributed by atoms with Crippen molar-refractivity contribution in [2.24, 2.45) is 45.8 Å². The van der Waals surface area contributed by atoms with Crippen molar-refractivity contribution in [3.63, 3.8) is 0 Å². The summed E-state index contributed by atoms with van der Waals surface area (Å²) < 4.78 is 0. The second-order valence-corrected chi connectivity index (χ2v) is 9.70. The van der Waals surface area contributed by atoms with Crippen LogP contribution in [-0.4, -0.2) is 27.7 Å². The Kier molecular flexibility index (Phi) is 2.25. The molecule has 8 unspecified atom stereocenters. The van der Waals surface area contributed by atoms with Crippen LogP contribution in [0.5, 0.6) is 0 Å². The molecule has 1 heterocycles. The number of nitrogens with zero attached hydrogens (tertiary/aromatic N) is 2. The van der Waals surface area contributed by atoms with Gasteiger partial charge in [0.15, 0.2) is 0 Å². The molecule has 5 aliphatic carbocycles. The van der Waals surface area contributed by atoms with Crippen molar-refractivity contribution in [1.82, 2.24) is 10.4 Å². The van der Waals surface area contributed by atoms with Crippen LogP contribution in [0.25, 0.3) is 0 Å². The van der Waals surface area contributed by atoms with E-state index in [1.807, 2.05) is 0 Å². The van der Waals surface area contributed by atoms with Gasteiger partial charge in [-0.1, -0.05) is 19.1 Å². The first-order valence-electron chi connectivity index (χ1n) is 9.92. The fourth-order valence-corrected chi connectivity index (χ4v) is 8.11. The molecular formula is C21H17N3O5. The number of carbonyl (C=O) groups excluding carboxylic acids is 3. The molecule has 1 aromatic carbocycles. The van der Waals surface area contributed by atoms with Crippen LogP contribution < -0.4 is 5.43 Å². The summed E-state index contributed by atoms with van der Waals surface area (Å²) >= 11 is 0. The number of rotatable bonds is 3. The average Bonchev–Trinajstić information content (AvgIpc) is 3.37. The van der Waals surface area contributed by atoms with E-state index in [2.05, 4.69) is 24.5 Å². The maximum atomic E-state index is 13.2. The van der Waals surface area contributed by atoms with Crippen LogP contribution in [0.2, 0.25) is 0 Å². The highest BCUT2D eigenvalue weighted by molar-refractivity contribution is 6.09. The lowest BCUT2D eigenvalue weighted by Gasteiger charge is -2.57. The summed E-state index contributed by atoms with van der Waals surface area (Å²) in [4.78, 5) is 49.0. The Hall–Kier alpha value is -3.03. The molecule has 8 atom stereocenters. The van der Waals surface area contributed by atoms with Gasteiger partial charge in [0.25, 0.3) is 23.4 Å². The molecule has 3 amide bonds. The number of non-ortho nitro benzene ring substituents is 1. The number of nitro groups is 1. The summed E-state index contributed by atoms with van der Waals surface area (Å²) in [5.41, 5.74) is 3.22. The van der Waals surface area contributed by atoms with E-state index in [9.17, 15) is 24.5 Å². The summed E-state index contributed by atoms with van der Waals surface area (Å²) in [5.74, 6) is -1.10. The summed E-state index contributed by atoms with van der Waals surface area (Å²) in [5, 5.41) is 11.7. The third-order valence-electron chi connectivity index (χ3n) is 9.21. The van der Waals surface area contributed by atoms with Crippen molar-refractivity contribution in [3.8, 4) is 0 Å². The monoisotopic (exact) mass is 391 g/mol. The fourth-order valence-electron chi connectivity index (χ4n) is 8.11. The third kappa shape index (κ3) is 1.29. The Morgan fingerprint density at radius 1 is 1.21 bits per heavy atom. The van der Waals surface area contributed by atoms with E-state index in [4.69, 9.17) is 0 Å². The van der Waals surface area contributed by atoms with Gasteiger partial charge in [-0.05, 0) is 47.1 Å². The van der Waals surface area contributed by atoms with Crippen molar-refractivity contribution in [3.05, 3.63) is 52.1 Å². The third-order valence-corrected chi connectivity index (χ3v) is 9.21. The number of amides is 3. The highest BCUT2D eigenvalue weighted by Gasteiger charge is 3.07. The molecular weight excluding hydrogens is 374 g/mol. The lowest BCUT2D eigenvalue weighted by molar-refractivity contribution is -0.384. The van der Waals surface area contributed by atoms with Crippen LogP contribution in [0.3, 0.4) is 0 Å². The van der Waals surface area contributed by atoms with Gasteiger partial charge in [0, 0.05) is 23.1 Å². The van der Waals surface area contributed by atoms with Crippen LogP contribution in [-0.2, 0) is 9.59 Å².